The molecule has 0 aliphatic rings. The Morgan fingerprint density at radius 1 is 1.05 bits per heavy atom. The Kier molecular flexibility index (Phi) is 5.71. The molecule has 2 unspecified atom stereocenters. The first kappa shape index (κ1) is 15.9. The molecule has 0 saturated carbocycles. The van der Waals surface area contributed by atoms with E-state index in [0.29, 0.717) is 11.3 Å². The quantitative estimate of drug-likeness (QED) is 0.797. The molecular formula is C18H23NOS. The van der Waals surface area contributed by atoms with Crippen LogP contribution in [-0.2, 0) is 0 Å². The van der Waals surface area contributed by atoms with Gasteiger partial charge in [-0.25, -0.2) is 0 Å². The smallest absolute Gasteiger partial charge is 0.118 e. The van der Waals surface area contributed by atoms with Crippen molar-refractivity contribution in [2.75, 3.05) is 14.2 Å². The molecule has 2 atom stereocenters. The van der Waals surface area contributed by atoms with E-state index in [1.165, 1.54) is 16.0 Å². The van der Waals surface area contributed by atoms with Crippen LogP contribution in [0.4, 0.5) is 0 Å². The first-order valence-electron chi connectivity index (χ1n) is 7.19. The van der Waals surface area contributed by atoms with Crippen LogP contribution in [0.2, 0.25) is 0 Å². The molecule has 21 heavy (non-hydrogen) atoms. The molecule has 2 rings (SSSR count). The SMILES string of the molecule is CNC(c1ccc(OC)cc1)C(C)Sc1ccccc1C. The fourth-order valence-electron chi connectivity index (χ4n) is 2.44. The highest BCUT2D eigenvalue weighted by atomic mass is 32.2. The van der Waals surface area contributed by atoms with Gasteiger partial charge in [0.1, 0.15) is 5.75 Å². The molecule has 2 aromatic carbocycles. The lowest BCUT2D eigenvalue weighted by Crippen LogP contribution is -2.25. The number of nitrogens with one attached hydrogen (secondary N) is 1. The molecule has 0 aliphatic heterocycles. The standard InChI is InChI=1S/C18H23NOS/c1-13-7-5-6-8-17(13)21-14(2)18(19-3)15-9-11-16(20-4)12-10-15/h5-12,14,18-19H,1-4H3. The van der Waals surface area contributed by atoms with E-state index in [2.05, 4.69) is 55.6 Å². The molecule has 0 amide bonds. The van der Waals surface area contributed by atoms with Crippen LogP contribution < -0.4 is 10.1 Å². The zero-order valence-electron chi connectivity index (χ0n) is 13.1. The lowest BCUT2D eigenvalue weighted by molar-refractivity contribution is 0.414. The van der Waals surface area contributed by atoms with Crippen LogP contribution in [0.15, 0.2) is 53.4 Å². The molecule has 0 spiro atoms. The van der Waals surface area contributed by atoms with E-state index >= 15 is 0 Å². The van der Waals surface area contributed by atoms with Crippen LogP contribution in [0.25, 0.3) is 0 Å². The van der Waals surface area contributed by atoms with Crippen molar-refractivity contribution in [2.24, 2.45) is 0 Å². The predicted molar refractivity (Wildman–Crippen MR) is 91.3 cm³/mol. The van der Waals surface area contributed by atoms with Crippen molar-refractivity contribution >= 4 is 11.8 Å². The summed E-state index contributed by atoms with van der Waals surface area (Å²) in [6.07, 6.45) is 0. The highest BCUT2D eigenvalue weighted by molar-refractivity contribution is 8.00. The van der Waals surface area contributed by atoms with E-state index in [4.69, 9.17) is 4.74 Å². The second-order valence-electron chi connectivity index (χ2n) is 5.13. The van der Waals surface area contributed by atoms with Crippen LogP contribution in [-0.4, -0.2) is 19.4 Å². The van der Waals surface area contributed by atoms with Gasteiger partial charge in [-0.15, -0.1) is 11.8 Å². The van der Waals surface area contributed by atoms with Gasteiger partial charge >= 0.3 is 0 Å². The minimum atomic E-state index is 0.306. The number of methoxy groups -OCH3 is 1. The monoisotopic (exact) mass is 301 g/mol. The van der Waals surface area contributed by atoms with Crippen molar-refractivity contribution < 1.29 is 4.74 Å². The van der Waals surface area contributed by atoms with Gasteiger partial charge in [-0.05, 0) is 43.3 Å². The van der Waals surface area contributed by atoms with Gasteiger partial charge < -0.3 is 10.1 Å². The van der Waals surface area contributed by atoms with Crippen molar-refractivity contribution in [3.05, 3.63) is 59.7 Å². The summed E-state index contributed by atoms with van der Waals surface area (Å²) in [5, 5.41) is 3.87. The van der Waals surface area contributed by atoms with Crippen molar-refractivity contribution in [3.63, 3.8) is 0 Å². The second-order valence-corrected chi connectivity index (χ2v) is 6.55. The number of ether oxygens (including phenoxy) is 1. The zero-order chi connectivity index (χ0) is 15.2. The first-order valence-corrected chi connectivity index (χ1v) is 8.07. The summed E-state index contributed by atoms with van der Waals surface area (Å²) in [5.41, 5.74) is 2.62. The van der Waals surface area contributed by atoms with Crippen LogP contribution in [0.5, 0.6) is 5.75 Å². The number of rotatable bonds is 6. The van der Waals surface area contributed by atoms with Crippen molar-refractivity contribution in [1.29, 1.82) is 0 Å². The van der Waals surface area contributed by atoms with Gasteiger partial charge in [0.05, 0.1) is 7.11 Å². The Morgan fingerprint density at radius 2 is 1.71 bits per heavy atom. The molecule has 2 aromatic rings. The Hall–Kier alpha value is -1.45. The third-order valence-electron chi connectivity index (χ3n) is 3.66. The maximum Gasteiger partial charge on any atom is 0.118 e. The summed E-state index contributed by atoms with van der Waals surface area (Å²) in [7, 11) is 3.71. The second kappa shape index (κ2) is 7.53. The molecule has 0 saturated heterocycles. The summed E-state index contributed by atoms with van der Waals surface area (Å²) in [4.78, 5) is 1.35. The molecule has 0 aliphatic carbocycles. The van der Waals surface area contributed by atoms with Crippen molar-refractivity contribution in [1.82, 2.24) is 5.32 Å². The topological polar surface area (TPSA) is 21.3 Å². The molecule has 3 heteroatoms. The van der Waals surface area contributed by atoms with Gasteiger partial charge in [0.15, 0.2) is 0 Å². The molecule has 1 N–H and O–H groups in total. The minimum absolute atomic E-state index is 0.306. The van der Waals surface area contributed by atoms with Crippen molar-refractivity contribution in [2.45, 2.75) is 30.0 Å². The van der Waals surface area contributed by atoms with Gasteiger partial charge in [0, 0.05) is 16.2 Å². The normalized spacial score (nSPS) is 13.7. The molecule has 0 radical (unpaired) electrons. The molecule has 2 nitrogen and oxygen atoms in total. The summed E-state index contributed by atoms with van der Waals surface area (Å²) in [6, 6.07) is 17.2. The lowest BCUT2D eigenvalue weighted by Gasteiger charge is -2.24. The fraction of sp³-hybridized carbons (Fsp3) is 0.333. The Bertz CT molecular complexity index is 568. The van der Waals surface area contributed by atoms with Crippen LogP contribution in [0.1, 0.15) is 24.1 Å². The zero-order valence-corrected chi connectivity index (χ0v) is 13.9. The Labute approximate surface area is 131 Å². The van der Waals surface area contributed by atoms with Crippen molar-refractivity contribution in [3.8, 4) is 5.75 Å². The highest BCUT2D eigenvalue weighted by Gasteiger charge is 2.19. The average molecular weight is 301 g/mol. The molecule has 112 valence electrons. The third kappa shape index (κ3) is 4.02. The summed E-state index contributed by atoms with van der Waals surface area (Å²) >= 11 is 1.91. The molecular weight excluding hydrogens is 278 g/mol. The third-order valence-corrected chi connectivity index (χ3v) is 5.02. The summed E-state index contributed by atoms with van der Waals surface area (Å²) in [6.45, 7) is 4.43. The van der Waals surface area contributed by atoms with Crippen LogP contribution in [0.3, 0.4) is 0 Å². The Morgan fingerprint density at radius 3 is 2.29 bits per heavy atom. The Balaban J connectivity index is 2.14. The van der Waals surface area contributed by atoms with E-state index in [1.807, 2.05) is 30.9 Å². The summed E-state index contributed by atoms with van der Waals surface area (Å²) in [5.74, 6) is 0.896. The van der Waals surface area contributed by atoms with E-state index in [-0.39, 0.29) is 0 Å². The number of aryl methyl sites for hydroxylation is 1. The van der Waals surface area contributed by atoms with Gasteiger partial charge in [-0.1, -0.05) is 37.3 Å². The van der Waals surface area contributed by atoms with Gasteiger partial charge in [0.2, 0.25) is 0 Å². The maximum absolute atomic E-state index is 5.23. The average Bonchev–Trinajstić information content (AvgIpc) is 2.51. The number of hydrogen-bond donors (Lipinski definition) is 1. The van der Waals surface area contributed by atoms with E-state index in [1.54, 1.807) is 7.11 Å². The van der Waals surface area contributed by atoms with E-state index in [0.717, 1.165) is 5.75 Å². The minimum Gasteiger partial charge on any atom is -0.497 e. The van der Waals surface area contributed by atoms with Gasteiger partial charge in [0.25, 0.3) is 0 Å². The number of benzene rings is 2. The summed E-state index contributed by atoms with van der Waals surface area (Å²) < 4.78 is 5.23. The first-order chi connectivity index (χ1) is 10.2. The fourth-order valence-corrected chi connectivity index (χ4v) is 3.68. The molecule has 0 bridgehead atoms. The maximum atomic E-state index is 5.23. The molecule has 0 heterocycles. The van der Waals surface area contributed by atoms with Gasteiger partial charge in [-0.3, -0.25) is 0 Å². The van der Waals surface area contributed by atoms with Crippen LogP contribution >= 0.6 is 11.8 Å². The van der Waals surface area contributed by atoms with Crippen LogP contribution in [0, 0.1) is 6.92 Å². The van der Waals surface area contributed by atoms with E-state index < -0.39 is 0 Å². The molecule has 0 aromatic heterocycles. The van der Waals surface area contributed by atoms with E-state index in [9.17, 15) is 0 Å². The number of thioether (sulfide) groups is 1. The predicted octanol–water partition coefficient (Wildman–Crippen LogP) is 4.44. The lowest BCUT2D eigenvalue weighted by atomic mass is 10.0. The molecule has 0 fully saturated rings. The highest BCUT2D eigenvalue weighted by Crippen LogP contribution is 2.33. The number of hydrogen-bond acceptors (Lipinski definition) is 3. The largest absolute Gasteiger partial charge is 0.497 e. The van der Waals surface area contributed by atoms with Gasteiger partial charge in [-0.2, -0.15) is 0 Å².